The molecule has 10 nitrogen and oxygen atoms in total. The van der Waals surface area contributed by atoms with Crippen LogP contribution in [0.2, 0.25) is 5.02 Å². The highest BCUT2D eigenvalue weighted by atomic mass is 35.5. The summed E-state index contributed by atoms with van der Waals surface area (Å²) < 4.78 is 17.0. The van der Waals surface area contributed by atoms with Crippen molar-refractivity contribution in [1.29, 1.82) is 0 Å². The van der Waals surface area contributed by atoms with E-state index in [1.54, 1.807) is 26.4 Å². The van der Waals surface area contributed by atoms with E-state index < -0.39 is 11.6 Å². The summed E-state index contributed by atoms with van der Waals surface area (Å²) in [7, 11) is 3.13. The number of esters is 1. The number of aromatic nitrogens is 4. The van der Waals surface area contributed by atoms with E-state index in [1.165, 1.54) is 6.33 Å². The van der Waals surface area contributed by atoms with Crippen LogP contribution in [0.3, 0.4) is 0 Å². The minimum absolute atomic E-state index is 0.0461. The number of nitrogens with one attached hydrogen (secondary N) is 2. The van der Waals surface area contributed by atoms with Gasteiger partial charge in [-0.25, -0.2) is 14.8 Å². The van der Waals surface area contributed by atoms with Gasteiger partial charge >= 0.3 is 5.97 Å². The second-order valence-electron chi connectivity index (χ2n) is 9.26. The van der Waals surface area contributed by atoms with E-state index in [4.69, 9.17) is 25.8 Å². The highest BCUT2D eigenvalue weighted by Gasteiger charge is 2.48. The molecule has 0 saturated heterocycles. The monoisotopic (exact) mass is 546 g/mol. The zero-order chi connectivity index (χ0) is 26.2. The van der Waals surface area contributed by atoms with E-state index in [0.717, 1.165) is 43.0 Å². The Balaban J connectivity index is 1.42. The molecule has 37 heavy (non-hydrogen) atoms. The van der Waals surface area contributed by atoms with Gasteiger partial charge in [0.1, 0.15) is 27.8 Å². The predicted molar refractivity (Wildman–Crippen MR) is 138 cm³/mol. The number of aromatic amines is 2. The maximum absolute atomic E-state index is 13.3. The maximum atomic E-state index is 13.3. The van der Waals surface area contributed by atoms with Crippen molar-refractivity contribution in [3.8, 4) is 11.5 Å². The molecule has 1 atom stereocenters. The van der Waals surface area contributed by atoms with Gasteiger partial charge in [0.15, 0.2) is 16.3 Å². The van der Waals surface area contributed by atoms with Crippen LogP contribution in [-0.4, -0.2) is 50.8 Å². The molecule has 2 aliphatic rings. The minimum Gasteiger partial charge on any atom is -0.511 e. The van der Waals surface area contributed by atoms with Crippen molar-refractivity contribution in [2.75, 3.05) is 14.2 Å². The fraction of sp³-hybridized carbons (Fsp3) is 0.440. The molecule has 196 valence electrons. The van der Waals surface area contributed by atoms with Crippen molar-refractivity contribution in [2.24, 2.45) is 5.92 Å². The zero-order valence-electron chi connectivity index (χ0n) is 20.4. The molecule has 1 saturated carbocycles. The average Bonchev–Trinajstić information content (AvgIpc) is 3.56. The lowest BCUT2D eigenvalue weighted by Crippen LogP contribution is -2.45. The molecule has 3 N–H and O–H groups in total. The van der Waals surface area contributed by atoms with Crippen LogP contribution in [-0.2, 0) is 16.0 Å². The minimum atomic E-state index is -0.855. The highest BCUT2D eigenvalue weighted by Crippen LogP contribution is 2.48. The molecular formula is C25H27ClN4O6S. The number of carbonyl (C=O) groups is 1. The number of benzene rings is 1. The fourth-order valence-corrected chi connectivity index (χ4v) is 6.36. The fourth-order valence-electron chi connectivity index (χ4n) is 5.30. The zero-order valence-corrected chi connectivity index (χ0v) is 22.0. The third-order valence-electron chi connectivity index (χ3n) is 7.15. The third-order valence-corrected chi connectivity index (χ3v) is 8.44. The van der Waals surface area contributed by atoms with Crippen LogP contribution < -0.4 is 15.0 Å². The molecule has 12 heteroatoms. The molecule has 0 bridgehead atoms. The van der Waals surface area contributed by atoms with E-state index in [2.05, 4.69) is 19.9 Å². The molecule has 1 aromatic carbocycles. The third kappa shape index (κ3) is 4.89. The highest BCUT2D eigenvalue weighted by molar-refractivity contribution is 8.03. The Labute approximate surface area is 221 Å². The van der Waals surface area contributed by atoms with Gasteiger partial charge < -0.3 is 29.3 Å². The second-order valence-corrected chi connectivity index (χ2v) is 10.7. The second kappa shape index (κ2) is 10.3. The standard InChI is InChI=1S/C25H27ClN4O6S/c1-34-17-10-18(35-2)15(26)9-13(17)7-8-25(14-5-3-4-6-14)11-16(31)20(23(33)36-25)37-24-29-19-21(30-24)27-12-28-22(19)32/h9-10,12,14,31H,3-8,11H2,1-2H3,(H2,27,28,29,30,32). The molecule has 1 aliphatic heterocycles. The van der Waals surface area contributed by atoms with Crippen LogP contribution in [0.4, 0.5) is 0 Å². The van der Waals surface area contributed by atoms with Gasteiger partial charge in [-0.2, -0.15) is 0 Å². The van der Waals surface area contributed by atoms with Crippen molar-refractivity contribution in [2.45, 2.75) is 55.7 Å². The lowest BCUT2D eigenvalue weighted by molar-refractivity contribution is -0.166. The SMILES string of the molecule is COc1cc(OC)c(CCC2(C3CCCC3)CC(O)=C(Sc3nc4nc[nH]c(=O)c4[nH]3)C(=O)O2)cc1Cl. The summed E-state index contributed by atoms with van der Waals surface area (Å²) in [6.07, 6.45) is 6.41. The van der Waals surface area contributed by atoms with Crippen molar-refractivity contribution in [3.05, 3.63) is 50.1 Å². The number of rotatable bonds is 8. The first-order chi connectivity index (χ1) is 17.8. The van der Waals surface area contributed by atoms with Crippen LogP contribution in [0.25, 0.3) is 11.2 Å². The van der Waals surface area contributed by atoms with Gasteiger partial charge in [-0.1, -0.05) is 24.4 Å². The van der Waals surface area contributed by atoms with E-state index in [0.29, 0.717) is 29.4 Å². The summed E-state index contributed by atoms with van der Waals surface area (Å²) in [5.74, 6) is 0.619. The molecule has 1 aliphatic carbocycles. The summed E-state index contributed by atoms with van der Waals surface area (Å²) in [4.78, 5) is 38.9. The van der Waals surface area contributed by atoms with Crippen LogP contribution in [0.1, 0.15) is 44.1 Å². The van der Waals surface area contributed by atoms with Crippen LogP contribution in [0, 0.1) is 5.92 Å². The number of carbonyl (C=O) groups excluding carboxylic acids is 1. The van der Waals surface area contributed by atoms with Gasteiger partial charge in [0.25, 0.3) is 5.56 Å². The number of halogens is 1. The molecule has 5 rings (SSSR count). The summed E-state index contributed by atoms with van der Waals surface area (Å²) in [5.41, 5.74) is 0.0594. The Bertz CT molecular complexity index is 1430. The largest absolute Gasteiger partial charge is 0.511 e. The topological polar surface area (TPSA) is 139 Å². The number of thioether (sulfide) groups is 1. The number of aliphatic hydroxyl groups excluding tert-OH is 1. The van der Waals surface area contributed by atoms with Gasteiger partial charge in [-0.3, -0.25) is 4.79 Å². The molecular weight excluding hydrogens is 520 g/mol. The number of imidazole rings is 1. The van der Waals surface area contributed by atoms with Gasteiger partial charge in [-0.05, 0) is 55.0 Å². The molecule has 1 fully saturated rings. The lowest BCUT2D eigenvalue weighted by Gasteiger charge is -2.41. The summed E-state index contributed by atoms with van der Waals surface area (Å²) >= 11 is 7.30. The van der Waals surface area contributed by atoms with Gasteiger partial charge in [-0.15, -0.1) is 0 Å². The normalized spacial score (nSPS) is 20.5. The van der Waals surface area contributed by atoms with Crippen LogP contribution >= 0.6 is 23.4 Å². The van der Waals surface area contributed by atoms with E-state index in [-0.39, 0.29) is 44.9 Å². The first-order valence-corrected chi connectivity index (χ1v) is 13.2. The van der Waals surface area contributed by atoms with Gasteiger partial charge in [0, 0.05) is 12.5 Å². The molecule has 0 radical (unpaired) electrons. The number of hydrogen-bond acceptors (Lipinski definition) is 9. The van der Waals surface area contributed by atoms with Gasteiger partial charge in [0.05, 0.1) is 25.6 Å². The Kier molecular flexibility index (Phi) is 7.09. The van der Waals surface area contributed by atoms with Crippen molar-refractivity contribution >= 4 is 40.5 Å². The predicted octanol–water partition coefficient (Wildman–Crippen LogP) is 4.69. The Morgan fingerprint density at radius 2 is 1.97 bits per heavy atom. The molecule has 1 unspecified atom stereocenters. The lowest BCUT2D eigenvalue weighted by atomic mass is 9.77. The first-order valence-electron chi connectivity index (χ1n) is 12.0. The Hall–Kier alpha value is -3.18. The van der Waals surface area contributed by atoms with E-state index in [1.807, 2.05) is 0 Å². The van der Waals surface area contributed by atoms with Crippen molar-refractivity contribution in [1.82, 2.24) is 19.9 Å². The first kappa shape index (κ1) is 25.5. The molecule has 3 heterocycles. The average molecular weight is 547 g/mol. The number of nitrogens with zero attached hydrogens (tertiary/aromatic N) is 2. The van der Waals surface area contributed by atoms with E-state index >= 15 is 0 Å². The number of hydrogen-bond donors (Lipinski definition) is 3. The van der Waals surface area contributed by atoms with Gasteiger partial charge in [0.2, 0.25) is 0 Å². The maximum Gasteiger partial charge on any atom is 0.349 e. The summed E-state index contributed by atoms with van der Waals surface area (Å²) in [6, 6.07) is 3.55. The number of cyclic esters (lactones) is 1. The number of aryl methyl sites for hydroxylation is 1. The number of H-pyrrole nitrogens is 2. The van der Waals surface area contributed by atoms with Crippen molar-refractivity contribution in [3.63, 3.8) is 0 Å². The van der Waals surface area contributed by atoms with Crippen LogP contribution in [0.5, 0.6) is 11.5 Å². The Morgan fingerprint density at radius 1 is 1.22 bits per heavy atom. The molecule has 0 amide bonds. The smallest absolute Gasteiger partial charge is 0.349 e. The summed E-state index contributed by atoms with van der Waals surface area (Å²) in [5, 5.41) is 11.8. The van der Waals surface area contributed by atoms with E-state index in [9.17, 15) is 14.7 Å². The number of methoxy groups -OCH3 is 2. The Morgan fingerprint density at radius 3 is 2.65 bits per heavy atom. The number of fused-ring (bicyclic) bond motifs is 1. The number of aliphatic hydroxyl groups is 1. The quantitative estimate of drug-likeness (QED) is 0.343. The molecule has 3 aromatic rings. The summed E-state index contributed by atoms with van der Waals surface area (Å²) in [6.45, 7) is 0. The number of ether oxygens (including phenoxy) is 3. The van der Waals surface area contributed by atoms with Crippen molar-refractivity contribution < 1.29 is 24.1 Å². The molecule has 0 spiro atoms. The molecule has 2 aromatic heterocycles. The van der Waals surface area contributed by atoms with Crippen LogP contribution in [0.15, 0.2) is 39.1 Å².